The number of aliphatic hydroxyl groups is 1. The summed E-state index contributed by atoms with van der Waals surface area (Å²) >= 11 is 0. The van der Waals surface area contributed by atoms with Crippen molar-refractivity contribution in [1.29, 1.82) is 0 Å². The van der Waals surface area contributed by atoms with Crippen LogP contribution in [-0.2, 0) is 11.2 Å². The van der Waals surface area contributed by atoms with Crippen LogP contribution < -0.4 is 11.1 Å². The Morgan fingerprint density at radius 1 is 1.42 bits per heavy atom. The summed E-state index contributed by atoms with van der Waals surface area (Å²) in [5.74, 6) is -0.0766. The summed E-state index contributed by atoms with van der Waals surface area (Å²) in [4.78, 5) is 15.9. The number of amides is 1. The number of hydrogen-bond acceptors (Lipinski definition) is 4. The van der Waals surface area contributed by atoms with Crippen molar-refractivity contribution in [3.05, 3.63) is 30.1 Å². The Morgan fingerprint density at radius 3 is 2.84 bits per heavy atom. The van der Waals surface area contributed by atoms with E-state index in [1.54, 1.807) is 12.4 Å². The zero-order valence-corrected chi connectivity index (χ0v) is 11.0. The maximum Gasteiger partial charge on any atom is 0.223 e. The van der Waals surface area contributed by atoms with Gasteiger partial charge in [0, 0.05) is 30.9 Å². The van der Waals surface area contributed by atoms with Crippen molar-refractivity contribution >= 4 is 5.91 Å². The topological polar surface area (TPSA) is 88.2 Å². The minimum absolute atomic E-state index is 0.0278. The van der Waals surface area contributed by atoms with E-state index < -0.39 is 6.10 Å². The van der Waals surface area contributed by atoms with Crippen LogP contribution in [0.2, 0.25) is 0 Å². The standard InChI is InChI=1S/C14H21N3O2/c15-12-2-1-11(9-13(12)18)14(19)17-8-5-10-3-6-16-7-4-10/h3-4,6-7,11-13,18H,1-2,5,8-9,15H2,(H,17,19)/t11-,12+,13+/m0/s1. The molecule has 1 aliphatic rings. The number of nitrogens with two attached hydrogens (primary N) is 1. The number of nitrogens with zero attached hydrogens (tertiary/aromatic N) is 1. The summed E-state index contributed by atoms with van der Waals surface area (Å²) in [5, 5.41) is 12.6. The summed E-state index contributed by atoms with van der Waals surface area (Å²) in [5.41, 5.74) is 6.88. The lowest BCUT2D eigenvalue weighted by Gasteiger charge is -2.29. The smallest absolute Gasteiger partial charge is 0.223 e. The molecule has 1 saturated carbocycles. The van der Waals surface area contributed by atoms with E-state index in [-0.39, 0.29) is 17.9 Å². The van der Waals surface area contributed by atoms with Gasteiger partial charge >= 0.3 is 0 Å². The molecule has 0 bridgehead atoms. The van der Waals surface area contributed by atoms with Gasteiger partial charge in [-0.2, -0.15) is 0 Å². The van der Waals surface area contributed by atoms with Crippen LogP contribution in [0.5, 0.6) is 0 Å². The molecule has 19 heavy (non-hydrogen) atoms. The molecule has 1 fully saturated rings. The predicted octanol–water partition coefficient (Wildman–Crippen LogP) is 0.229. The minimum atomic E-state index is -0.551. The Kier molecular flexibility index (Phi) is 4.87. The fourth-order valence-electron chi connectivity index (χ4n) is 2.43. The molecule has 1 aromatic rings. The SMILES string of the molecule is N[C@@H]1CC[C@H](C(=O)NCCc2ccncc2)C[C@H]1O. The van der Waals surface area contributed by atoms with E-state index in [2.05, 4.69) is 10.3 Å². The number of aliphatic hydroxyl groups excluding tert-OH is 1. The van der Waals surface area contributed by atoms with Crippen molar-refractivity contribution in [2.45, 2.75) is 37.8 Å². The van der Waals surface area contributed by atoms with E-state index in [4.69, 9.17) is 5.73 Å². The maximum absolute atomic E-state index is 12.0. The van der Waals surface area contributed by atoms with Crippen molar-refractivity contribution in [3.63, 3.8) is 0 Å². The monoisotopic (exact) mass is 263 g/mol. The first-order chi connectivity index (χ1) is 9.16. The lowest BCUT2D eigenvalue weighted by Crippen LogP contribution is -2.44. The van der Waals surface area contributed by atoms with Gasteiger partial charge in [-0.15, -0.1) is 0 Å². The first-order valence-electron chi connectivity index (χ1n) is 6.77. The highest BCUT2D eigenvalue weighted by Crippen LogP contribution is 2.23. The molecule has 104 valence electrons. The van der Waals surface area contributed by atoms with Gasteiger partial charge in [0.2, 0.25) is 5.91 Å². The van der Waals surface area contributed by atoms with E-state index in [0.29, 0.717) is 19.4 Å². The first-order valence-corrected chi connectivity index (χ1v) is 6.77. The number of rotatable bonds is 4. The van der Waals surface area contributed by atoms with Crippen LogP contribution in [0.1, 0.15) is 24.8 Å². The normalized spacial score (nSPS) is 26.9. The highest BCUT2D eigenvalue weighted by Gasteiger charge is 2.30. The van der Waals surface area contributed by atoms with Crippen LogP contribution in [0.15, 0.2) is 24.5 Å². The van der Waals surface area contributed by atoms with E-state index >= 15 is 0 Å². The zero-order chi connectivity index (χ0) is 13.7. The Balaban J connectivity index is 1.73. The number of carbonyl (C=O) groups is 1. The molecule has 0 unspecified atom stereocenters. The molecule has 1 aromatic heterocycles. The number of carbonyl (C=O) groups excluding carboxylic acids is 1. The second kappa shape index (κ2) is 6.63. The molecule has 0 saturated heterocycles. The highest BCUT2D eigenvalue weighted by molar-refractivity contribution is 5.78. The average molecular weight is 263 g/mol. The molecular formula is C14H21N3O2. The highest BCUT2D eigenvalue weighted by atomic mass is 16.3. The molecule has 0 aromatic carbocycles. The van der Waals surface area contributed by atoms with Crippen LogP contribution in [-0.4, -0.2) is 34.7 Å². The average Bonchev–Trinajstić information content (AvgIpc) is 2.43. The number of aromatic nitrogens is 1. The van der Waals surface area contributed by atoms with Gasteiger partial charge in [0.15, 0.2) is 0 Å². The van der Waals surface area contributed by atoms with Gasteiger partial charge in [-0.25, -0.2) is 0 Å². The van der Waals surface area contributed by atoms with Crippen LogP contribution in [0.25, 0.3) is 0 Å². The Bertz CT molecular complexity index is 410. The molecule has 4 N–H and O–H groups in total. The Hall–Kier alpha value is -1.46. The van der Waals surface area contributed by atoms with Crippen LogP contribution in [0, 0.1) is 5.92 Å². The third-order valence-electron chi connectivity index (χ3n) is 3.70. The van der Waals surface area contributed by atoms with Crippen molar-refractivity contribution in [2.75, 3.05) is 6.54 Å². The van der Waals surface area contributed by atoms with Gasteiger partial charge in [0.05, 0.1) is 6.10 Å². The Labute approximate surface area is 113 Å². The largest absolute Gasteiger partial charge is 0.391 e. The summed E-state index contributed by atoms with van der Waals surface area (Å²) in [6, 6.07) is 3.70. The summed E-state index contributed by atoms with van der Waals surface area (Å²) < 4.78 is 0. The predicted molar refractivity (Wildman–Crippen MR) is 72.3 cm³/mol. The molecule has 5 heteroatoms. The fourth-order valence-corrected chi connectivity index (χ4v) is 2.43. The van der Waals surface area contributed by atoms with Gasteiger partial charge in [-0.3, -0.25) is 9.78 Å². The maximum atomic E-state index is 12.0. The third-order valence-corrected chi connectivity index (χ3v) is 3.70. The second-order valence-corrected chi connectivity index (χ2v) is 5.14. The van der Waals surface area contributed by atoms with Crippen molar-refractivity contribution < 1.29 is 9.90 Å². The lowest BCUT2D eigenvalue weighted by atomic mass is 9.84. The van der Waals surface area contributed by atoms with Crippen LogP contribution in [0.4, 0.5) is 0 Å². The molecule has 1 aliphatic carbocycles. The quantitative estimate of drug-likeness (QED) is 0.725. The van der Waals surface area contributed by atoms with E-state index in [1.807, 2.05) is 12.1 Å². The molecular weight excluding hydrogens is 242 g/mol. The van der Waals surface area contributed by atoms with E-state index in [1.165, 1.54) is 0 Å². The molecule has 0 radical (unpaired) electrons. The molecule has 1 amide bonds. The van der Waals surface area contributed by atoms with E-state index in [0.717, 1.165) is 18.4 Å². The summed E-state index contributed by atoms with van der Waals surface area (Å²) in [6.07, 6.45) is 5.69. The number of pyridine rings is 1. The van der Waals surface area contributed by atoms with E-state index in [9.17, 15) is 9.90 Å². The van der Waals surface area contributed by atoms with Gasteiger partial charge < -0.3 is 16.2 Å². The van der Waals surface area contributed by atoms with Crippen LogP contribution >= 0.6 is 0 Å². The molecule has 0 spiro atoms. The van der Waals surface area contributed by atoms with Crippen molar-refractivity contribution in [2.24, 2.45) is 11.7 Å². The first kappa shape index (κ1) is 14.0. The second-order valence-electron chi connectivity index (χ2n) is 5.14. The van der Waals surface area contributed by atoms with Crippen molar-refractivity contribution in [3.8, 4) is 0 Å². The zero-order valence-electron chi connectivity index (χ0n) is 11.0. The molecule has 3 atom stereocenters. The van der Waals surface area contributed by atoms with Gasteiger partial charge in [-0.05, 0) is 43.4 Å². The summed E-state index contributed by atoms with van der Waals surface area (Å²) in [7, 11) is 0. The molecule has 5 nitrogen and oxygen atoms in total. The third kappa shape index (κ3) is 4.01. The number of nitrogens with one attached hydrogen (secondary N) is 1. The minimum Gasteiger partial charge on any atom is -0.391 e. The Morgan fingerprint density at radius 2 is 2.16 bits per heavy atom. The van der Waals surface area contributed by atoms with Crippen molar-refractivity contribution in [1.82, 2.24) is 10.3 Å². The van der Waals surface area contributed by atoms with Gasteiger partial charge in [-0.1, -0.05) is 0 Å². The molecule has 0 aliphatic heterocycles. The van der Waals surface area contributed by atoms with Crippen LogP contribution in [0.3, 0.4) is 0 Å². The van der Waals surface area contributed by atoms with Gasteiger partial charge in [0.1, 0.15) is 0 Å². The lowest BCUT2D eigenvalue weighted by molar-refractivity contribution is -0.127. The molecule has 1 heterocycles. The molecule has 2 rings (SSSR count). The number of hydrogen-bond donors (Lipinski definition) is 3. The fraction of sp³-hybridized carbons (Fsp3) is 0.571. The van der Waals surface area contributed by atoms with Gasteiger partial charge in [0.25, 0.3) is 0 Å². The summed E-state index contributed by atoms with van der Waals surface area (Å²) in [6.45, 7) is 0.613.